The fraction of sp³-hybridized carbons (Fsp3) is 0.636. The molecule has 1 aromatic rings. The van der Waals surface area contributed by atoms with Gasteiger partial charge in [-0.05, 0) is 36.5 Å². The standard InChI is InChI=1S/C22H34FN5O2/c1-24-21(29)14-17-6-8-28(9-7-17)22(25-2)26-16-20(27-10-12-30-13-11-27)18-4-3-5-19(23)15-18/h3-5,15,17,20H,6-14,16H2,1-2H3,(H,24,29)(H,25,26). The minimum atomic E-state index is -0.215. The Bertz CT molecular complexity index is 715. The molecule has 1 atom stereocenters. The third-order valence-electron chi connectivity index (χ3n) is 6.05. The zero-order valence-electron chi connectivity index (χ0n) is 18.1. The van der Waals surface area contributed by atoms with Gasteiger partial charge < -0.3 is 20.3 Å². The molecule has 3 rings (SSSR count). The molecule has 2 aliphatic heterocycles. The van der Waals surface area contributed by atoms with Crippen molar-refractivity contribution in [2.24, 2.45) is 10.9 Å². The largest absolute Gasteiger partial charge is 0.379 e. The van der Waals surface area contributed by atoms with Gasteiger partial charge in [0, 0.05) is 53.2 Å². The summed E-state index contributed by atoms with van der Waals surface area (Å²) in [6.07, 6.45) is 2.55. The van der Waals surface area contributed by atoms with E-state index in [1.807, 2.05) is 6.07 Å². The van der Waals surface area contributed by atoms with Gasteiger partial charge in [-0.1, -0.05) is 12.1 Å². The van der Waals surface area contributed by atoms with Crippen molar-refractivity contribution in [3.63, 3.8) is 0 Å². The second kappa shape index (κ2) is 11.3. The van der Waals surface area contributed by atoms with Crippen molar-refractivity contribution < 1.29 is 13.9 Å². The van der Waals surface area contributed by atoms with Gasteiger partial charge in [-0.2, -0.15) is 0 Å². The highest BCUT2D eigenvalue weighted by molar-refractivity contribution is 5.80. The van der Waals surface area contributed by atoms with Crippen LogP contribution in [0.15, 0.2) is 29.3 Å². The molecule has 0 radical (unpaired) electrons. The van der Waals surface area contributed by atoms with Gasteiger partial charge in [-0.15, -0.1) is 0 Å². The number of hydrogen-bond acceptors (Lipinski definition) is 4. The number of morpholine rings is 1. The fourth-order valence-electron chi connectivity index (χ4n) is 4.29. The molecule has 0 spiro atoms. The zero-order chi connectivity index (χ0) is 21.3. The van der Waals surface area contributed by atoms with Crippen LogP contribution in [-0.2, 0) is 9.53 Å². The minimum absolute atomic E-state index is 0.0483. The van der Waals surface area contributed by atoms with E-state index < -0.39 is 0 Å². The van der Waals surface area contributed by atoms with E-state index in [0.29, 0.717) is 32.1 Å². The van der Waals surface area contributed by atoms with Crippen molar-refractivity contribution in [2.45, 2.75) is 25.3 Å². The van der Waals surface area contributed by atoms with E-state index in [1.54, 1.807) is 26.2 Å². The SMILES string of the molecule is CN=C(NCC(c1cccc(F)c1)N1CCOCC1)N1CCC(CC(=O)NC)CC1. The van der Waals surface area contributed by atoms with E-state index in [0.717, 1.165) is 50.5 Å². The summed E-state index contributed by atoms with van der Waals surface area (Å²) in [5, 5.41) is 6.22. The molecule has 0 aromatic heterocycles. The van der Waals surface area contributed by atoms with Crippen molar-refractivity contribution in [2.75, 3.05) is 60.0 Å². The number of ether oxygens (including phenoxy) is 1. The van der Waals surface area contributed by atoms with Crippen molar-refractivity contribution in [1.82, 2.24) is 20.4 Å². The Morgan fingerprint density at radius 3 is 2.63 bits per heavy atom. The highest BCUT2D eigenvalue weighted by Gasteiger charge is 2.26. The van der Waals surface area contributed by atoms with Gasteiger partial charge in [0.15, 0.2) is 5.96 Å². The summed E-state index contributed by atoms with van der Waals surface area (Å²) >= 11 is 0. The van der Waals surface area contributed by atoms with E-state index in [9.17, 15) is 9.18 Å². The van der Waals surface area contributed by atoms with Crippen LogP contribution >= 0.6 is 0 Å². The highest BCUT2D eigenvalue weighted by atomic mass is 19.1. The molecule has 1 aromatic carbocycles. The Kier molecular flexibility index (Phi) is 8.45. The van der Waals surface area contributed by atoms with Crippen LogP contribution < -0.4 is 10.6 Å². The molecule has 7 nitrogen and oxygen atoms in total. The number of aliphatic imine (C=N–C) groups is 1. The monoisotopic (exact) mass is 419 g/mol. The molecular formula is C22H34FN5O2. The second-order valence-corrected chi connectivity index (χ2v) is 7.95. The number of likely N-dealkylation sites (tertiary alicyclic amines) is 1. The number of piperidine rings is 1. The van der Waals surface area contributed by atoms with Crippen LogP contribution in [0, 0.1) is 11.7 Å². The van der Waals surface area contributed by atoms with Gasteiger partial charge >= 0.3 is 0 Å². The lowest BCUT2D eigenvalue weighted by molar-refractivity contribution is -0.121. The predicted octanol–water partition coefficient (Wildman–Crippen LogP) is 1.62. The average Bonchev–Trinajstić information content (AvgIpc) is 2.78. The number of amides is 1. The number of carbonyl (C=O) groups excluding carboxylic acids is 1. The molecule has 2 N–H and O–H groups in total. The van der Waals surface area contributed by atoms with Crippen LogP contribution in [0.3, 0.4) is 0 Å². The van der Waals surface area contributed by atoms with E-state index in [-0.39, 0.29) is 17.8 Å². The van der Waals surface area contributed by atoms with E-state index in [2.05, 4.69) is 25.4 Å². The molecular weight excluding hydrogens is 385 g/mol. The number of nitrogens with zero attached hydrogens (tertiary/aromatic N) is 3. The summed E-state index contributed by atoms with van der Waals surface area (Å²) in [5.41, 5.74) is 0.962. The minimum Gasteiger partial charge on any atom is -0.379 e. The molecule has 0 aliphatic carbocycles. The first kappa shape index (κ1) is 22.5. The van der Waals surface area contributed by atoms with Gasteiger partial charge in [-0.3, -0.25) is 14.7 Å². The molecule has 8 heteroatoms. The topological polar surface area (TPSA) is 69.2 Å². The summed E-state index contributed by atoms with van der Waals surface area (Å²) in [4.78, 5) is 20.7. The van der Waals surface area contributed by atoms with Crippen molar-refractivity contribution in [3.8, 4) is 0 Å². The van der Waals surface area contributed by atoms with Crippen LogP contribution in [0.5, 0.6) is 0 Å². The summed E-state index contributed by atoms with van der Waals surface area (Å²) in [6, 6.07) is 6.90. The van der Waals surface area contributed by atoms with Crippen LogP contribution in [0.25, 0.3) is 0 Å². The maximum atomic E-state index is 13.9. The summed E-state index contributed by atoms with van der Waals surface area (Å²) in [6.45, 7) is 5.44. The Morgan fingerprint density at radius 2 is 2.00 bits per heavy atom. The average molecular weight is 420 g/mol. The van der Waals surface area contributed by atoms with Gasteiger partial charge in [0.25, 0.3) is 0 Å². The molecule has 1 unspecified atom stereocenters. The van der Waals surface area contributed by atoms with Crippen LogP contribution in [0.2, 0.25) is 0 Å². The Hall–Kier alpha value is -2.19. The van der Waals surface area contributed by atoms with Crippen LogP contribution in [0.1, 0.15) is 30.9 Å². The molecule has 2 heterocycles. The lowest BCUT2D eigenvalue weighted by atomic mass is 9.93. The van der Waals surface area contributed by atoms with Gasteiger partial charge in [0.1, 0.15) is 5.82 Å². The van der Waals surface area contributed by atoms with E-state index in [4.69, 9.17) is 4.74 Å². The van der Waals surface area contributed by atoms with Crippen molar-refractivity contribution in [3.05, 3.63) is 35.6 Å². The predicted molar refractivity (Wildman–Crippen MR) is 116 cm³/mol. The fourth-order valence-corrected chi connectivity index (χ4v) is 4.29. The molecule has 166 valence electrons. The molecule has 2 saturated heterocycles. The number of halogens is 1. The van der Waals surface area contributed by atoms with E-state index >= 15 is 0 Å². The quantitative estimate of drug-likeness (QED) is 0.542. The maximum Gasteiger partial charge on any atom is 0.220 e. The highest BCUT2D eigenvalue weighted by Crippen LogP contribution is 2.23. The molecule has 1 amide bonds. The second-order valence-electron chi connectivity index (χ2n) is 7.95. The Labute approximate surface area is 178 Å². The van der Waals surface area contributed by atoms with Gasteiger partial charge in [0.05, 0.1) is 19.3 Å². The third kappa shape index (κ3) is 6.15. The number of benzene rings is 1. The lowest BCUT2D eigenvalue weighted by Crippen LogP contribution is -2.49. The molecule has 0 bridgehead atoms. The first-order valence-electron chi connectivity index (χ1n) is 10.8. The maximum absolute atomic E-state index is 13.9. The molecule has 30 heavy (non-hydrogen) atoms. The first-order chi connectivity index (χ1) is 14.6. The number of carbonyl (C=O) groups is 1. The summed E-state index contributed by atoms with van der Waals surface area (Å²) in [5.74, 6) is 1.18. The molecule has 0 saturated carbocycles. The van der Waals surface area contributed by atoms with Crippen molar-refractivity contribution in [1.29, 1.82) is 0 Å². The van der Waals surface area contributed by atoms with Crippen molar-refractivity contribution >= 4 is 11.9 Å². The van der Waals surface area contributed by atoms with Crippen LogP contribution in [0.4, 0.5) is 4.39 Å². The Morgan fingerprint density at radius 1 is 1.27 bits per heavy atom. The van der Waals surface area contributed by atoms with Crippen LogP contribution in [-0.4, -0.2) is 81.7 Å². The third-order valence-corrected chi connectivity index (χ3v) is 6.05. The smallest absolute Gasteiger partial charge is 0.220 e. The molecule has 2 aliphatic rings. The van der Waals surface area contributed by atoms with Gasteiger partial charge in [0.2, 0.25) is 5.91 Å². The Balaban J connectivity index is 1.60. The number of nitrogens with one attached hydrogen (secondary N) is 2. The number of hydrogen-bond donors (Lipinski definition) is 2. The zero-order valence-corrected chi connectivity index (χ0v) is 18.1. The number of rotatable bonds is 6. The molecule has 2 fully saturated rings. The van der Waals surface area contributed by atoms with E-state index in [1.165, 1.54) is 6.07 Å². The lowest BCUT2D eigenvalue weighted by Gasteiger charge is -2.37. The summed E-state index contributed by atoms with van der Waals surface area (Å²) in [7, 11) is 3.48. The number of guanidine groups is 1. The first-order valence-corrected chi connectivity index (χ1v) is 10.8. The van der Waals surface area contributed by atoms with Gasteiger partial charge in [-0.25, -0.2) is 4.39 Å². The summed E-state index contributed by atoms with van der Waals surface area (Å²) < 4.78 is 19.4. The normalized spacial score (nSPS) is 20.1.